The van der Waals surface area contributed by atoms with E-state index in [0.29, 0.717) is 12.3 Å². The number of aryl methyl sites for hydroxylation is 1. The van der Waals surface area contributed by atoms with E-state index in [1.54, 1.807) is 0 Å². The monoisotopic (exact) mass is 216 g/mol. The van der Waals surface area contributed by atoms with Gasteiger partial charge in [0.05, 0.1) is 0 Å². The molecule has 0 bridgehead atoms. The fraction of sp³-hybridized carbons (Fsp3) is 0.400. The summed E-state index contributed by atoms with van der Waals surface area (Å²) in [7, 11) is 0. The molecule has 0 amide bonds. The van der Waals surface area contributed by atoms with Crippen LogP contribution in [0.1, 0.15) is 43.1 Å². The highest BCUT2D eigenvalue weighted by Crippen LogP contribution is 2.13. The van der Waals surface area contributed by atoms with E-state index in [9.17, 15) is 4.79 Å². The van der Waals surface area contributed by atoms with Gasteiger partial charge in [0.1, 0.15) is 0 Å². The summed E-state index contributed by atoms with van der Waals surface area (Å²) >= 11 is 0. The maximum atomic E-state index is 11.9. The Bertz CT molecular complexity index is 380. The van der Waals surface area contributed by atoms with Crippen LogP contribution < -0.4 is 0 Å². The Morgan fingerprint density at radius 1 is 1.25 bits per heavy atom. The molecule has 0 fully saturated rings. The maximum Gasteiger partial charge on any atom is 0.163 e. The third-order valence-corrected chi connectivity index (χ3v) is 2.50. The molecule has 0 spiro atoms. The van der Waals surface area contributed by atoms with E-state index in [2.05, 4.69) is 26.8 Å². The first kappa shape index (κ1) is 12.7. The van der Waals surface area contributed by atoms with Crippen molar-refractivity contribution in [1.29, 1.82) is 0 Å². The Labute approximate surface area is 98.2 Å². The van der Waals surface area contributed by atoms with Gasteiger partial charge in [-0.3, -0.25) is 4.79 Å². The van der Waals surface area contributed by atoms with E-state index in [-0.39, 0.29) is 5.78 Å². The minimum Gasteiger partial charge on any atom is -0.294 e. The van der Waals surface area contributed by atoms with Gasteiger partial charge in [-0.1, -0.05) is 48.4 Å². The summed E-state index contributed by atoms with van der Waals surface area (Å²) in [6, 6.07) is 7.79. The molecular formula is C15H20O. The summed E-state index contributed by atoms with van der Waals surface area (Å²) in [6.07, 6.45) is 2.74. The van der Waals surface area contributed by atoms with Gasteiger partial charge in [0.2, 0.25) is 0 Å². The molecular weight excluding hydrogens is 196 g/mol. The molecule has 86 valence electrons. The lowest BCUT2D eigenvalue weighted by Gasteiger charge is -2.06. The van der Waals surface area contributed by atoms with Gasteiger partial charge in [-0.05, 0) is 26.7 Å². The van der Waals surface area contributed by atoms with E-state index in [0.717, 1.165) is 5.56 Å². The number of hydrogen-bond acceptors (Lipinski definition) is 1. The highest BCUT2D eigenvalue weighted by atomic mass is 16.1. The van der Waals surface area contributed by atoms with Crippen molar-refractivity contribution in [2.45, 2.75) is 34.1 Å². The van der Waals surface area contributed by atoms with Gasteiger partial charge in [-0.2, -0.15) is 0 Å². The van der Waals surface area contributed by atoms with Gasteiger partial charge in [-0.15, -0.1) is 0 Å². The molecule has 16 heavy (non-hydrogen) atoms. The van der Waals surface area contributed by atoms with Crippen molar-refractivity contribution in [3.63, 3.8) is 0 Å². The fourth-order valence-electron chi connectivity index (χ4n) is 1.78. The van der Waals surface area contributed by atoms with Gasteiger partial charge < -0.3 is 0 Å². The smallest absolute Gasteiger partial charge is 0.163 e. The Hall–Kier alpha value is -1.37. The fourth-order valence-corrected chi connectivity index (χ4v) is 1.78. The van der Waals surface area contributed by atoms with Gasteiger partial charge >= 0.3 is 0 Å². The molecule has 1 aromatic rings. The molecule has 1 heteroatoms. The van der Waals surface area contributed by atoms with Gasteiger partial charge in [-0.25, -0.2) is 0 Å². The van der Waals surface area contributed by atoms with Gasteiger partial charge in [0.25, 0.3) is 0 Å². The summed E-state index contributed by atoms with van der Waals surface area (Å²) in [4.78, 5) is 11.9. The Balaban J connectivity index is 2.66. The lowest BCUT2D eigenvalue weighted by atomic mass is 9.97. The minimum atomic E-state index is 0.227. The van der Waals surface area contributed by atoms with Crippen molar-refractivity contribution in [2.75, 3.05) is 0 Å². The Morgan fingerprint density at radius 3 is 2.31 bits per heavy atom. The first-order chi connectivity index (χ1) is 7.49. The number of ketones is 1. The summed E-state index contributed by atoms with van der Waals surface area (Å²) < 4.78 is 0. The van der Waals surface area contributed by atoms with Crippen molar-refractivity contribution in [3.05, 3.63) is 47.0 Å². The molecule has 0 saturated carbocycles. The van der Waals surface area contributed by atoms with Crippen molar-refractivity contribution >= 4 is 5.78 Å². The highest BCUT2D eigenvalue weighted by Gasteiger charge is 2.09. The van der Waals surface area contributed by atoms with Crippen LogP contribution in [0, 0.1) is 12.8 Å². The normalized spacial score (nSPS) is 12.0. The predicted octanol–water partition coefficient (Wildman–Crippen LogP) is 4.17. The van der Waals surface area contributed by atoms with Crippen LogP contribution in [0.3, 0.4) is 0 Å². The summed E-state index contributed by atoms with van der Waals surface area (Å²) in [5.41, 5.74) is 3.28. The minimum absolute atomic E-state index is 0.227. The standard InChI is InChI=1S/C15H20O/c1-11(2)9-13(4)10-15(16)14-7-5-12(3)6-8-14/h5-9,13H,10H2,1-4H3. The van der Waals surface area contributed by atoms with Gasteiger partial charge in [0.15, 0.2) is 5.78 Å². The second-order valence-corrected chi connectivity index (χ2v) is 4.71. The quantitative estimate of drug-likeness (QED) is 0.545. The largest absolute Gasteiger partial charge is 0.294 e. The van der Waals surface area contributed by atoms with E-state index >= 15 is 0 Å². The average Bonchev–Trinajstić information content (AvgIpc) is 2.16. The zero-order valence-corrected chi connectivity index (χ0v) is 10.6. The first-order valence-electron chi connectivity index (χ1n) is 5.74. The molecule has 0 saturated heterocycles. The predicted molar refractivity (Wildman–Crippen MR) is 68.7 cm³/mol. The molecule has 1 atom stereocenters. The van der Waals surface area contributed by atoms with E-state index < -0.39 is 0 Å². The number of carbonyl (C=O) groups is 1. The van der Waals surface area contributed by atoms with Crippen LogP contribution in [0.25, 0.3) is 0 Å². The molecule has 1 nitrogen and oxygen atoms in total. The van der Waals surface area contributed by atoms with Crippen molar-refractivity contribution < 1.29 is 4.79 Å². The summed E-state index contributed by atoms with van der Waals surface area (Å²) in [6.45, 7) is 8.23. The summed E-state index contributed by atoms with van der Waals surface area (Å²) in [5.74, 6) is 0.545. The Morgan fingerprint density at radius 2 is 1.81 bits per heavy atom. The third kappa shape index (κ3) is 4.01. The molecule has 0 heterocycles. The van der Waals surface area contributed by atoms with Crippen LogP contribution in [-0.2, 0) is 0 Å². The zero-order valence-electron chi connectivity index (χ0n) is 10.6. The molecule has 0 radical (unpaired) electrons. The van der Waals surface area contributed by atoms with Gasteiger partial charge in [0, 0.05) is 12.0 Å². The Kier molecular flexibility index (Phi) is 4.48. The number of Topliss-reactive ketones (excluding diaryl/α,β-unsaturated/α-hetero) is 1. The van der Waals surface area contributed by atoms with Crippen molar-refractivity contribution in [3.8, 4) is 0 Å². The van der Waals surface area contributed by atoms with E-state index in [1.165, 1.54) is 11.1 Å². The third-order valence-electron chi connectivity index (χ3n) is 2.50. The summed E-state index contributed by atoms with van der Waals surface area (Å²) in [5, 5.41) is 0. The highest BCUT2D eigenvalue weighted by molar-refractivity contribution is 5.96. The molecule has 1 unspecified atom stereocenters. The second kappa shape index (κ2) is 5.64. The second-order valence-electron chi connectivity index (χ2n) is 4.71. The number of benzene rings is 1. The molecule has 1 aromatic carbocycles. The van der Waals surface area contributed by atoms with Crippen LogP contribution in [0.4, 0.5) is 0 Å². The zero-order chi connectivity index (χ0) is 12.1. The van der Waals surface area contributed by atoms with Crippen LogP contribution in [0.2, 0.25) is 0 Å². The van der Waals surface area contributed by atoms with E-state index in [1.807, 2.05) is 31.2 Å². The van der Waals surface area contributed by atoms with E-state index in [4.69, 9.17) is 0 Å². The topological polar surface area (TPSA) is 17.1 Å². The van der Waals surface area contributed by atoms with Crippen molar-refractivity contribution in [1.82, 2.24) is 0 Å². The molecule has 1 rings (SSSR count). The molecule has 0 aromatic heterocycles. The van der Waals surface area contributed by atoms with Crippen LogP contribution in [0.15, 0.2) is 35.9 Å². The molecule has 0 aliphatic heterocycles. The molecule has 0 N–H and O–H groups in total. The van der Waals surface area contributed by atoms with Crippen LogP contribution >= 0.6 is 0 Å². The lowest BCUT2D eigenvalue weighted by Crippen LogP contribution is -2.04. The van der Waals surface area contributed by atoms with Crippen LogP contribution in [-0.4, -0.2) is 5.78 Å². The number of hydrogen-bond donors (Lipinski definition) is 0. The SMILES string of the molecule is CC(C)=CC(C)CC(=O)c1ccc(C)cc1. The average molecular weight is 216 g/mol. The molecule has 0 aliphatic carbocycles. The van der Waals surface area contributed by atoms with Crippen LogP contribution in [0.5, 0.6) is 0 Å². The number of carbonyl (C=O) groups excluding carboxylic acids is 1. The lowest BCUT2D eigenvalue weighted by molar-refractivity contribution is 0.0972. The first-order valence-corrected chi connectivity index (χ1v) is 5.74. The number of rotatable bonds is 4. The van der Waals surface area contributed by atoms with Crippen molar-refractivity contribution in [2.24, 2.45) is 5.92 Å². The molecule has 0 aliphatic rings. The maximum absolute atomic E-state index is 11.9. The number of allylic oxidation sites excluding steroid dienone is 2.